The van der Waals surface area contributed by atoms with Gasteiger partial charge in [-0.3, -0.25) is 4.68 Å². The standard InChI is InChI=1S/C16H17FN2O2/c1-3-19-15(9-12(2)18-19)11-21-16-7-6-14(17)10-13(16)5-4-8-20/h6-7,9-10,20H,3,8,11H2,1-2H3. The highest BCUT2D eigenvalue weighted by Crippen LogP contribution is 2.20. The molecule has 0 aliphatic heterocycles. The van der Waals surface area contributed by atoms with Gasteiger partial charge >= 0.3 is 0 Å². The van der Waals surface area contributed by atoms with Crippen molar-refractivity contribution in [3.63, 3.8) is 0 Å². The Kier molecular flexibility index (Phi) is 4.96. The molecule has 2 aromatic rings. The van der Waals surface area contributed by atoms with Gasteiger partial charge in [0.15, 0.2) is 0 Å². The van der Waals surface area contributed by atoms with E-state index in [1.54, 1.807) is 0 Å². The number of benzene rings is 1. The minimum Gasteiger partial charge on any atom is -0.486 e. The van der Waals surface area contributed by atoms with Crippen molar-refractivity contribution < 1.29 is 14.2 Å². The SMILES string of the molecule is CCn1nc(C)cc1COc1ccc(F)cc1C#CCO. The first-order valence-electron chi connectivity index (χ1n) is 6.69. The van der Waals surface area contributed by atoms with Crippen LogP contribution >= 0.6 is 0 Å². The molecule has 1 heterocycles. The van der Waals surface area contributed by atoms with Gasteiger partial charge in [0.05, 0.1) is 17.0 Å². The van der Waals surface area contributed by atoms with Crippen molar-refractivity contribution in [2.24, 2.45) is 0 Å². The third kappa shape index (κ3) is 3.83. The first kappa shape index (κ1) is 15.1. The Bertz CT molecular complexity index is 683. The average Bonchev–Trinajstić information content (AvgIpc) is 2.84. The van der Waals surface area contributed by atoms with Crippen LogP contribution in [0.25, 0.3) is 0 Å². The summed E-state index contributed by atoms with van der Waals surface area (Å²) in [7, 11) is 0. The molecule has 4 nitrogen and oxygen atoms in total. The van der Waals surface area contributed by atoms with Crippen molar-refractivity contribution in [2.45, 2.75) is 27.0 Å². The molecule has 0 atom stereocenters. The van der Waals surface area contributed by atoms with E-state index < -0.39 is 0 Å². The zero-order valence-corrected chi connectivity index (χ0v) is 12.1. The second kappa shape index (κ2) is 6.91. The van der Waals surface area contributed by atoms with Crippen LogP contribution in [-0.4, -0.2) is 21.5 Å². The van der Waals surface area contributed by atoms with Crippen LogP contribution in [0, 0.1) is 24.6 Å². The van der Waals surface area contributed by atoms with Gasteiger partial charge in [-0.2, -0.15) is 5.10 Å². The van der Waals surface area contributed by atoms with Crippen LogP contribution in [-0.2, 0) is 13.2 Å². The molecule has 0 saturated carbocycles. The molecule has 1 N–H and O–H groups in total. The van der Waals surface area contributed by atoms with E-state index in [2.05, 4.69) is 16.9 Å². The quantitative estimate of drug-likeness (QED) is 0.878. The number of aliphatic hydroxyl groups excluding tert-OH is 1. The van der Waals surface area contributed by atoms with Crippen molar-refractivity contribution in [1.82, 2.24) is 9.78 Å². The second-order valence-corrected chi connectivity index (χ2v) is 4.48. The molecule has 5 heteroatoms. The summed E-state index contributed by atoms with van der Waals surface area (Å²) in [4.78, 5) is 0. The molecule has 21 heavy (non-hydrogen) atoms. The first-order valence-corrected chi connectivity index (χ1v) is 6.69. The van der Waals surface area contributed by atoms with Gasteiger partial charge in [-0.1, -0.05) is 11.8 Å². The molecule has 2 rings (SSSR count). The molecule has 0 aliphatic rings. The Morgan fingerprint density at radius 1 is 1.38 bits per heavy atom. The van der Waals surface area contributed by atoms with Gasteiger partial charge in [-0.15, -0.1) is 0 Å². The summed E-state index contributed by atoms with van der Waals surface area (Å²) >= 11 is 0. The number of hydrogen-bond donors (Lipinski definition) is 1. The normalized spacial score (nSPS) is 10.1. The van der Waals surface area contributed by atoms with Gasteiger partial charge in [0.1, 0.15) is 24.8 Å². The topological polar surface area (TPSA) is 47.3 Å². The van der Waals surface area contributed by atoms with E-state index in [9.17, 15) is 4.39 Å². The Morgan fingerprint density at radius 3 is 2.90 bits per heavy atom. The molecule has 0 spiro atoms. The molecular formula is C16H17FN2O2. The molecule has 0 aliphatic carbocycles. The lowest BCUT2D eigenvalue weighted by Gasteiger charge is -2.09. The molecule has 0 saturated heterocycles. The van der Waals surface area contributed by atoms with Gasteiger partial charge in [0, 0.05) is 6.54 Å². The van der Waals surface area contributed by atoms with Crippen molar-refractivity contribution in [2.75, 3.05) is 6.61 Å². The number of aliphatic hydroxyl groups is 1. The van der Waals surface area contributed by atoms with E-state index in [-0.39, 0.29) is 12.4 Å². The Morgan fingerprint density at radius 2 is 2.19 bits per heavy atom. The zero-order valence-electron chi connectivity index (χ0n) is 12.1. The summed E-state index contributed by atoms with van der Waals surface area (Å²) in [6.45, 7) is 4.73. The number of aryl methyl sites for hydroxylation is 2. The highest BCUT2D eigenvalue weighted by Gasteiger charge is 2.08. The van der Waals surface area contributed by atoms with Gasteiger partial charge in [-0.05, 0) is 38.1 Å². The highest BCUT2D eigenvalue weighted by atomic mass is 19.1. The van der Waals surface area contributed by atoms with E-state index in [4.69, 9.17) is 9.84 Å². The van der Waals surface area contributed by atoms with Crippen molar-refractivity contribution in [3.05, 3.63) is 47.0 Å². The van der Waals surface area contributed by atoms with Crippen LogP contribution in [0.3, 0.4) is 0 Å². The smallest absolute Gasteiger partial charge is 0.135 e. The third-order valence-electron chi connectivity index (χ3n) is 2.90. The largest absolute Gasteiger partial charge is 0.486 e. The summed E-state index contributed by atoms with van der Waals surface area (Å²) in [5.41, 5.74) is 2.29. The number of nitrogens with zero attached hydrogens (tertiary/aromatic N) is 2. The van der Waals surface area contributed by atoms with Crippen LogP contribution in [0.5, 0.6) is 5.75 Å². The lowest BCUT2D eigenvalue weighted by Crippen LogP contribution is -2.06. The molecule has 0 fully saturated rings. The summed E-state index contributed by atoms with van der Waals surface area (Å²) < 4.78 is 20.8. The predicted octanol–water partition coefficient (Wildman–Crippen LogP) is 2.27. The van der Waals surface area contributed by atoms with Crippen molar-refractivity contribution in [1.29, 1.82) is 0 Å². The zero-order chi connectivity index (χ0) is 15.2. The molecule has 0 bridgehead atoms. The molecule has 0 amide bonds. The fourth-order valence-corrected chi connectivity index (χ4v) is 2.00. The van der Waals surface area contributed by atoms with Crippen molar-refractivity contribution in [3.8, 4) is 17.6 Å². The van der Waals surface area contributed by atoms with Crippen LogP contribution in [0.1, 0.15) is 23.9 Å². The predicted molar refractivity (Wildman–Crippen MR) is 77.3 cm³/mol. The van der Waals surface area contributed by atoms with Crippen LogP contribution in [0.4, 0.5) is 4.39 Å². The van der Waals surface area contributed by atoms with E-state index in [1.165, 1.54) is 18.2 Å². The lowest BCUT2D eigenvalue weighted by atomic mass is 10.2. The van der Waals surface area contributed by atoms with E-state index >= 15 is 0 Å². The molecule has 0 radical (unpaired) electrons. The Labute approximate surface area is 123 Å². The molecule has 0 unspecified atom stereocenters. The fraction of sp³-hybridized carbons (Fsp3) is 0.312. The number of aromatic nitrogens is 2. The molecule has 110 valence electrons. The Balaban J connectivity index is 2.19. The highest BCUT2D eigenvalue weighted by molar-refractivity contribution is 5.46. The van der Waals surface area contributed by atoms with Crippen molar-refractivity contribution >= 4 is 0 Å². The minimum atomic E-state index is -0.390. The monoisotopic (exact) mass is 288 g/mol. The van der Waals surface area contributed by atoms with Gasteiger partial charge in [0.25, 0.3) is 0 Å². The van der Waals surface area contributed by atoms with Crippen LogP contribution < -0.4 is 4.74 Å². The van der Waals surface area contributed by atoms with E-state index in [1.807, 2.05) is 24.6 Å². The third-order valence-corrected chi connectivity index (χ3v) is 2.90. The van der Waals surface area contributed by atoms with Gasteiger partial charge in [-0.25, -0.2) is 4.39 Å². The first-order chi connectivity index (χ1) is 10.1. The maximum atomic E-state index is 13.3. The molecule has 1 aromatic carbocycles. The Hall–Kier alpha value is -2.32. The van der Waals surface area contributed by atoms with E-state index in [0.29, 0.717) is 17.9 Å². The summed E-state index contributed by atoms with van der Waals surface area (Å²) in [6.07, 6.45) is 0. The average molecular weight is 288 g/mol. The molecule has 1 aromatic heterocycles. The fourth-order valence-electron chi connectivity index (χ4n) is 2.00. The number of halogens is 1. The number of rotatable bonds is 4. The van der Waals surface area contributed by atoms with Gasteiger partial charge < -0.3 is 9.84 Å². The maximum absolute atomic E-state index is 13.3. The minimum absolute atomic E-state index is 0.280. The molecular weight excluding hydrogens is 271 g/mol. The summed E-state index contributed by atoms with van der Waals surface area (Å²) in [5.74, 6) is 5.28. The van der Waals surface area contributed by atoms with Crippen LogP contribution in [0.2, 0.25) is 0 Å². The summed E-state index contributed by atoms with van der Waals surface area (Å²) in [6, 6.07) is 6.10. The summed E-state index contributed by atoms with van der Waals surface area (Å²) in [5, 5.41) is 13.1. The second-order valence-electron chi connectivity index (χ2n) is 4.48. The van der Waals surface area contributed by atoms with E-state index in [0.717, 1.165) is 17.9 Å². The lowest BCUT2D eigenvalue weighted by molar-refractivity contribution is 0.291. The number of hydrogen-bond acceptors (Lipinski definition) is 3. The van der Waals surface area contributed by atoms with Gasteiger partial charge in [0.2, 0.25) is 0 Å². The number of ether oxygens (including phenoxy) is 1. The maximum Gasteiger partial charge on any atom is 0.135 e. The van der Waals surface area contributed by atoms with Crippen LogP contribution in [0.15, 0.2) is 24.3 Å².